The summed E-state index contributed by atoms with van der Waals surface area (Å²) in [6, 6.07) is 5.82. The summed E-state index contributed by atoms with van der Waals surface area (Å²) in [6.45, 7) is 0. The SMILES string of the molecule is Fc1ccc(-c2ccccc2OC(F)(F)F)nc1C(F)(F)F. The first-order chi connectivity index (χ1) is 10.1. The fourth-order valence-electron chi connectivity index (χ4n) is 1.68. The lowest BCUT2D eigenvalue weighted by molar-refractivity contribution is -0.274. The van der Waals surface area contributed by atoms with Crippen LogP contribution in [0.3, 0.4) is 0 Å². The number of rotatable bonds is 2. The van der Waals surface area contributed by atoms with E-state index in [4.69, 9.17) is 0 Å². The largest absolute Gasteiger partial charge is 0.573 e. The molecule has 0 saturated heterocycles. The van der Waals surface area contributed by atoms with Crippen molar-refractivity contribution in [3.8, 4) is 17.0 Å². The van der Waals surface area contributed by atoms with Crippen molar-refractivity contribution in [3.63, 3.8) is 0 Å². The number of halogens is 7. The average molecular weight is 325 g/mol. The molecular weight excluding hydrogens is 319 g/mol. The second-order valence-corrected chi connectivity index (χ2v) is 4.07. The van der Waals surface area contributed by atoms with Crippen molar-refractivity contribution < 1.29 is 35.5 Å². The van der Waals surface area contributed by atoms with Crippen LogP contribution in [0, 0.1) is 5.82 Å². The third kappa shape index (κ3) is 3.66. The van der Waals surface area contributed by atoms with Crippen LogP contribution in [0.5, 0.6) is 5.75 Å². The van der Waals surface area contributed by atoms with E-state index in [1.807, 2.05) is 0 Å². The van der Waals surface area contributed by atoms with Crippen molar-refractivity contribution in [1.82, 2.24) is 4.98 Å². The highest BCUT2D eigenvalue weighted by atomic mass is 19.4. The lowest BCUT2D eigenvalue weighted by Gasteiger charge is -2.14. The summed E-state index contributed by atoms with van der Waals surface area (Å²) in [5, 5.41) is 0. The van der Waals surface area contributed by atoms with Gasteiger partial charge in [-0.25, -0.2) is 9.37 Å². The smallest absolute Gasteiger partial charge is 0.405 e. The van der Waals surface area contributed by atoms with Gasteiger partial charge in [0.15, 0.2) is 11.5 Å². The molecule has 9 heteroatoms. The van der Waals surface area contributed by atoms with Gasteiger partial charge in [-0.3, -0.25) is 0 Å². The first-order valence-corrected chi connectivity index (χ1v) is 5.67. The molecule has 0 aliphatic rings. The quantitative estimate of drug-likeness (QED) is 0.740. The van der Waals surface area contributed by atoms with Gasteiger partial charge in [0.1, 0.15) is 5.75 Å². The van der Waals surface area contributed by atoms with E-state index in [1.165, 1.54) is 12.1 Å². The van der Waals surface area contributed by atoms with Crippen LogP contribution in [0.4, 0.5) is 30.7 Å². The van der Waals surface area contributed by atoms with E-state index < -0.39 is 35.5 Å². The molecule has 0 aliphatic heterocycles. The molecule has 0 saturated carbocycles. The molecule has 0 unspecified atom stereocenters. The van der Waals surface area contributed by atoms with Gasteiger partial charge < -0.3 is 4.74 Å². The monoisotopic (exact) mass is 325 g/mol. The molecular formula is C13H6F7NO. The van der Waals surface area contributed by atoms with Gasteiger partial charge in [-0.05, 0) is 24.3 Å². The Bertz CT molecular complexity index is 679. The lowest BCUT2D eigenvalue weighted by atomic mass is 10.1. The Labute approximate surface area is 119 Å². The minimum atomic E-state index is -5.07. The van der Waals surface area contributed by atoms with E-state index in [2.05, 4.69) is 9.72 Å². The highest BCUT2D eigenvalue weighted by Gasteiger charge is 2.37. The van der Waals surface area contributed by atoms with Crippen LogP contribution < -0.4 is 4.74 Å². The van der Waals surface area contributed by atoms with Gasteiger partial charge in [0.25, 0.3) is 0 Å². The van der Waals surface area contributed by atoms with E-state index in [0.717, 1.165) is 18.2 Å². The summed E-state index contributed by atoms with van der Waals surface area (Å²) in [5.41, 5.74) is -2.65. The van der Waals surface area contributed by atoms with Crippen LogP contribution in [-0.4, -0.2) is 11.3 Å². The summed E-state index contributed by atoms with van der Waals surface area (Å²) in [5.74, 6) is -2.35. The maximum absolute atomic E-state index is 13.2. The maximum Gasteiger partial charge on any atom is 0.573 e. The van der Waals surface area contributed by atoms with Crippen molar-refractivity contribution in [2.24, 2.45) is 0 Å². The Hall–Kier alpha value is -2.32. The number of hydrogen-bond acceptors (Lipinski definition) is 2. The van der Waals surface area contributed by atoms with Crippen LogP contribution in [-0.2, 0) is 6.18 Å². The zero-order chi connectivity index (χ0) is 16.5. The Morgan fingerprint density at radius 1 is 0.864 bits per heavy atom. The number of nitrogens with zero attached hydrogens (tertiary/aromatic N) is 1. The van der Waals surface area contributed by atoms with Crippen LogP contribution in [0.25, 0.3) is 11.3 Å². The van der Waals surface area contributed by atoms with E-state index >= 15 is 0 Å². The van der Waals surface area contributed by atoms with E-state index in [-0.39, 0.29) is 5.56 Å². The molecule has 0 atom stereocenters. The molecule has 0 aliphatic carbocycles. The van der Waals surface area contributed by atoms with Crippen molar-refractivity contribution in [3.05, 3.63) is 47.9 Å². The molecule has 1 heterocycles. The highest BCUT2D eigenvalue weighted by Crippen LogP contribution is 2.35. The van der Waals surface area contributed by atoms with Gasteiger partial charge in [0, 0.05) is 5.56 Å². The fourth-order valence-corrected chi connectivity index (χ4v) is 1.68. The molecule has 0 amide bonds. The number of benzene rings is 1. The molecule has 2 rings (SSSR count). The molecule has 0 spiro atoms. The summed E-state index contributed by atoms with van der Waals surface area (Å²) in [7, 11) is 0. The summed E-state index contributed by atoms with van der Waals surface area (Å²) >= 11 is 0. The Balaban J connectivity index is 2.54. The number of ether oxygens (including phenoxy) is 1. The summed E-state index contributed by atoms with van der Waals surface area (Å²) in [6.07, 6.45) is -10.1. The third-order valence-corrected chi connectivity index (χ3v) is 2.50. The summed E-state index contributed by atoms with van der Waals surface area (Å²) < 4.78 is 91.6. The topological polar surface area (TPSA) is 22.1 Å². The van der Waals surface area contributed by atoms with E-state index in [1.54, 1.807) is 0 Å². The van der Waals surface area contributed by atoms with Crippen LogP contribution in [0.15, 0.2) is 36.4 Å². The maximum atomic E-state index is 13.2. The van der Waals surface area contributed by atoms with Gasteiger partial charge in [-0.15, -0.1) is 13.2 Å². The molecule has 0 bridgehead atoms. The van der Waals surface area contributed by atoms with Gasteiger partial charge >= 0.3 is 12.5 Å². The van der Waals surface area contributed by atoms with Crippen molar-refractivity contribution in [1.29, 1.82) is 0 Å². The number of hydrogen-bond donors (Lipinski definition) is 0. The Morgan fingerprint density at radius 3 is 2.09 bits per heavy atom. The number of aromatic nitrogens is 1. The van der Waals surface area contributed by atoms with Crippen LogP contribution in [0.2, 0.25) is 0 Å². The fraction of sp³-hybridized carbons (Fsp3) is 0.154. The molecule has 0 N–H and O–H groups in total. The van der Waals surface area contributed by atoms with Crippen LogP contribution >= 0.6 is 0 Å². The third-order valence-electron chi connectivity index (χ3n) is 2.50. The number of alkyl halides is 6. The second-order valence-electron chi connectivity index (χ2n) is 4.07. The second kappa shape index (κ2) is 5.47. The highest BCUT2D eigenvalue weighted by molar-refractivity contribution is 5.67. The average Bonchev–Trinajstić information content (AvgIpc) is 2.37. The predicted molar refractivity (Wildman–Crippen MR) is 61.3 cm³/mol. The van der Waals surface area contributed by atoms with Crippen molar-refractivity contribution in [2.45, 2.75) is 12.5 Å². The van der Waals surface area contributed by atoms with Crippen LogP contribution in [0.1, 0.15) is 5.69 Å². The first-order valence-electron chi connectivity index (χ1n) is 5.67. The Kier molecular flexibility index (Phi) is 3.99. The van der Waals surface area contributed by atoms with Gasteiger partial charge in [-0.1, -0.05) is 12.1 Å². The predicted octanol–water partition coefficient (Wildman–Crippen LogP) is 4.81. The molecule has 2 aromatic rings. The lowest BCUT2D eigenvalue weighted by Crippen LogP contribution is -2.18. The van der Waals surface area contributed by atoms with Gasteiger partial charge in [0.05, 0.1) is 5.69 Å². The molecule has 0 radical (unpaired) electrons. The standard InChI is InChI=1S/C13H6F7NO/c14-8-5-6-9(21-11(8)12(15,16)17)7-3-1-2-4-10(7)22-13(18,19)20/h1-6H. The zero-order valence-corrected chi connectivity index (χ0v) is 10.5. The molecule has 1 aromatic carbocycles. The van der Waals surface area contributed by atoms with Gasteiger partial charge in [0.2, 0.25) is 0 Å². The molecule has 0 fully saturated rings. The van der Waals surface area contributed by atoms with E-state index in [9.17, 15) is 30.7 Å². The zero-order valence-electron chi connectivity index (χ0n) is 10.5. The molecule has 118 valence electrons. The van der Waals surface area contributed by atoms with Gasteiger partial charge in [-0.2, -0.15) is 13.2 Å². The van der Waals surface area contributed by atoms with E-state index in [0.29, 0.717) is 6.07 Å². The number of pyridine rings is 1. The summed E-state index contributed by atoms with van der Waals surface area (Å²) in [4.78, 5) is 3.06. The minimum Gasteiger partial charge on any atom is -0.405 e. The van der Waals surface area contributed by atoms with Crippen molar-refractivity contribution >= 4 is 0 Å². The molecule has 2 nitrogen and oxygen atoms in total. The number of para-hydroxylation sites is 1. The first kappa shape index (κ1) is 16.1. The Morgan fingerprint density at radius 2 is 1.50 bits per heavy atom. The van der Waals surface area contributed by atoms with Crippen molar-refractivity contribution in [2.75, 3.05) is 0 Å². The molecule has 22 heavy (non-hydrogen) atoms. The molecule has 1 aromatic heterocycles. The normalized spacial score (nSPS) is 12.3. The minimum absolute atomic E-state index is 0.342.